The number of hydrogen-bond acceptors (Lipinski definition) is 0. The maximum atomic E-state index is 2.26. The third-order valence-corrected chi connectivity index (χ3v) is 4.73. The number of aryl methyl sites for hydroxylation is 4. The van der Waals surface area contributed by atoms with E-state index in [0.717, 1.165) is 0 Å². The predicted octanol–water partition coefficient (Wildman–Crippen LogP) is 8.06. The minimum absolute atomic E-state index is 0. The van der Waals surface area contributed by atoms with Crippen LogP contribution in [-0.2, 0) is 0 Å². The third-order valence-electron chi connectivity index (χ3n) is 4.73. The summed E-state index contributed by atoms with van der Waals surface area (Å²) in [5.41, 5.74) is 8.02. The van der Waals surface area contributed by atoms with E-state index < -0.39 is 0 Å². The lowest BCUT2D eigenvalue weighted by Gasteiger charge is -2.09. The quantitative estimate of drug-likeness (QED) is 0.324. The Morgan fingerprint density at radius 2 is 1.00 bits per heavy atom. The van der Waals surface area contributed by atoms with Crippen molar-refractivity contribution in [3.8, 4) is 11.1 Å². The van der Waals surface area contributed by atoms with Crippen molar-refractivity contribution < 1.29 is 0 Å². The molecule has 0 amide bonds. The van der Waals surface area contributed by atoms with E-state index >= 15 is 0 Å². The van der Waals surface area contributed by atoms with E-state index in [4.69, 9.17) is 0 Å². The lowest BCUT2D eigenvalue weighted by molar-refractivity contribution is 1.37. The molecule has 0 aliphatic carbocycles. The zero-order chi connectivity index (χ0) is 18.5. The molecule has 0 atom stereocenters. The van der Waals surface area contributed by atoms with E-state index in [-0.39, 0.29) is 7.43 Å². The first kappa shape index (κ1) is 20.5. The van der Waals surface area contributed by atoms with Crippen molar-refractivity contribution >= 4 is 10.8 Å². The Morgan fingerprint density at radius 1 is 0.444 bits per heavy atom. The molecule has 0 heteroatoms. The van der Waals surface area contributed by atoms with Crippen molar-refractivity contribution in [3.05, 3.63) is 107 Å². The van der Waals surface area contributed by atoms with Crippen LogP contribution in [0.3, 0.4) is 0 Å². The molecule has 0 nitrogen and oxygen atoms in total. The monoisotopic (exact) mass is 354 g/mol. The molecular formula is C27H30. The van der Waals surface area contributed by atoms with Crippen molar-refractivity contribution in [2.24, 2.45) is 0 Å². The number of rotatable bonds is 1. The van der Waals surface area contributed by atoms with Crippen LogP contribution in [0, 0.1) is 27.7 Å². The molecule has 27 heavy (non-hydrogen) atoms. The van der Waals surface area contributed by atoms with Crippen LogP contribution < -0.4 is 0 Å². The van der Waals surface area contributed by atoms with Crippen LogP contribution in [0.15, 0.2) is 84.9 Å². The summed E-state index contributed by atoms with van der Waals surface area (Å²) < 4.78 is 0. The fourth-order valence-electron chi connectivity index (χ4n) is 3.21. The van der Waals surface area contributed by atoms with Gasteiger partial charge in [-0.25, -0.2) is 0 Å². The van der Waals surface area contributed by atoms with E-state index in [9.17, 15) is 0 Å². The van der Waals surface area contributed by atoms with Crippen LogP contribution in [0.5, 0.6) is 0 Å². The fraction of sp³-hybridized carbons (Fsp3) is 0.185. The first-order valence-electron chi connectivity index (χ1n) is 9.13. The summed E-state index contributed by atoms with van der Waals surface area (Å²) in [7, 11) is 0. The van der Waals surface area contributed by atoms with Crippen molar-refractivity contribution in [2.75, 3.05) is 0 Å². The normalized spacial score (nSPS) is 9.93. The predicted molar refractivity (Wildman–Crippen MR) is 122 cm³/mol. The Balaban J connectivity index is 0.000000194. The second-order valence-electron chi connectivity index (χ2n) is 6.98. The Kier molecular flexibility index (Phi) is 6.96. The largest absolute Gasteiger partial charge is 0.0776 e. The van der Waals surface area contributed by atoms with Gasteiger partial charge < -0.3 is 0 Å². The van der Waals surface area contributed by atoms with Gasteiger partial charge in [0.05, 0.1) is 0 Å². The minimum Gasteiger partial charge on any atom is -0.0776 e. The highest BCUT2D eigenvalue weighted by Gasteiger charge is 2.04. The highest BCUT2D eigenvalue weighted by Crippen LogP contribution is 2.27. The molecule has 0 bridgehead atoms. The Hall–Kier alpha value is -2.86. The third kappa shape index (κ3) is 5.08. The van der Waals surface area contributed by atoms with E-state index in [0.29, 0.717) is 0 Å². The Morgan fingerprint density at radius 3 is 1.74 bits per heavy atom. The second-order valence-corrected chi connectivity index (χ2v) is 6.98. The molecule has 0 spiro atoms. The molecule has 0 fully saturated rings. The van der Waals surface area contributed by atoms with Gasteiger partial charge in [-0.15, -0.1) is 0 Å². The number of benzene rings is 4. The van der Waals surface area contributed by atoms with Gasteiger partial charge in [-0.2, -0.15) is 0 Å². The summed E-state index contributed by atoms with van der Waals surface area (Å²) in [6, 6.07) is 30.1. The van der Waals surface area contributed by atoms with Crippen molar-refractivity contribution in [3.63, 3.8) is 0 Å². The molecule has 0 aromatic heterocycles. The van der Waals surface area contributed by atoms with E-state index in [2.05, 4.69) is 113 Å². The Labute approximate surface area is 164 Å². The maximum absolute atomic E-state index is 2.26. The summed E-state index contributed by atoms with van der Waals surface area (Å²) in [5.74, 6) is 0. The molecule has 4 aromatic carbocycles. The van der Waals surface area contributed by atoms with Gasteiger partial charge in [0.15, 0.2) is 0 Å². The van der Waals surface area contributed by atoms with Gasteiger partial charge in [-0.1, -0.05) is 103 Å². The molecule has 138 valence electrons. The lowest BCUT2D eigenvalue weighted by Crippen LogP contribution is -1.87. The van der Waals surface area contributed by atoms with E-state index in [1.165, 1.54) is 44.2 Å². The summed E-state index contributed by atoms with van der Waals surface area (Å²) >= 11 is 0. The molecule has 4 rings (SSSR count). The van der Waals surface area contributed by atoms with Crippen LogP contribution >= 0.6 is 0 Å². The van der Waals surface area contributed by atoms with Crippen LogP contribution in [0.2, 0.25) is 0 Å². The zero-order valence-electron chi connectivity index (χ0n) is 16.1. The second kappa shape index (κ2) is 9.19. The number of fused-ring (bicyclic) bond motifs is 1. The molecule has 0 N–H and O–H groups in total. The molecule has 0 aliphatic rings. The fourth-order valence-corrected chi connectivity index (χ4v) is 3.21. The minimum atomic E-state index is 0. The molecule has 0 saturated carbocycles. The summed E-state index contributed by atoms with van der Waals surface area (Å²) in [6.07, 6.45) is 0. The molecule has 0 radical (unpaired) electrons. The number of hydrogen-bond donors (Lipinski definition) is 0. The molecule has 4 aromatic rings. The van der Waals surface area contributed by atoms with E-state index in [1.807, 2.05) is 0 Å². The Bertz CT molecular complexity index is 1020. The zero-order valence-corrected chi connectivity index (χ0v) is 16.1. The van der Waals surface area contributed by atoms with E-state index in [1.54, 1.807) is 0 Å². The van der Waals surface area contributed by atoms with Crippen molar-refractivity contribution in [1.82, 2.24) is 0 Å². The van der Waals surface area contributed by atoms with Gasteiger partial charge in [0.25, 0.3) is 0 Å². The average Bonchev–Trinajstić information content (AvgIpc) is 2.65. The highest BCUT2D eigenvalue weighted by atomic mass is 14.1. The highest BCUT2D eigenvalue weighted by molar-refractivity contribution is 5.82. The van der Waals surface area contributed by atoms with Gasteiger partial charge in [0, 0.05) is 0 Å². The summed E-state index contributed by atoms with van der Waals surface area (Å²) in [5, 5.41) is 2.64. The van der Waals surface area contributed by atoms with Gasteiger partial charge >= 0.3 is 0 Å². The standard InChI is InChI=1S/C15H16.C11H10.CH4/c1-11-8-9-13(3)15(10-11)14-7-5-4-6-12(14)2;1-9-6-7-10-4-2-3-5-11(10)8-9;/h4-10H,1-3H3;2-8H,1H3;1H4. The topological polar surface area (TPSA) is 0 Å². The first-order chi connectivity index (χ1) is 12.5. The SMILES string of the molecule is C.Cc1ccc(C)c(-c2ccccc2C)c1.Cc1ccc2ccccc2c1. The molecule has 0 unspecified atom stereocenters. The van der Waals surface area contributed by atoms with Crippen molar-refractivity contribution in [2.45, 2.75) is 35.1 Å². The molecule has 0 aliphatic heterocycles. The average molecular weight is 355 g/mol. The smallest absolute Gasteiger partial charge is 0.0149 e. The molecule has 0 saturated heterocycles. The van der Waals surface area contributed by atoms with Crippen LogP contribution in [-0.4, -0.2) is 0 Å². The van der Waals surface area contributed by atoms with Gasteiger partial charge in [0.1, 0.15) is 0 Å². The van der Waals surface area contributed by atoms with Crippen LogP contribution in [0.4, 0.5) is 0 Å². The van der Waals surface area contributed by atoms with Gasteiger partial charge in [-0.05, 0) is 60.7 Å². The molecule has 0 heterocycles. The van der Waals surface area contributed by atoms with Gasteiger partial charge in [0.2, 0.25) is 0 Å². The maximum Gasteiger partial charge on any atom is -0.0149 e. The lowest BCUT2D eigenvalue weighted by atomic mass is 9.95. The van der Waals surface area contributed by atoms with Crippen LogP contribution in [0.1, 0.15) is 29.7 Å². The summed E-state index contributed by atoms with van der Waals surface area (Å²) in [4.78, 5) is 0. The first-order valence-corrected chi connectivity index (χ1v) is 9.13. The summed E-state index contributed by atoms with van der Waals surface area (Å²) in [6.45, 7) is 8.59. The van der Waals surface area contributed by atoms with Crippen molar-refractivity contribution in [1.29, 1.82) is 0 Å². The van der Waals surface area contributed by atoms with Gasteiger partial charge in [-0.3, -0.25) is 0 Å². The molecular weight excluding hydrogens is 324 g/mol. The van der Waals surface area contributed by atoms with Crippen LogP contribution in [0.25, 0.3) is 21.9 Å².